The highest BCUT2D eigenvalue weighted by atomic mass is 16.5. The molecule has 1 fully saturated rings. The Labute approximate surface area is 180 Å². The molecule has 0 spiro atoms. The fourth-order valence-electron chi connectivity index (χ4n) is 3.31. The second-order valence-electron chi connectivity index (χ2n) is 6.90. The number of guanidine groups is 2. The van der Waals surface area contributed by atoms with Crippen molar-refractivity contribution in [1.82, 2.24) is 4.90 Å². The molecular weight excluding hydrogens is 398 g/mol. The molecule has 10 heteroatoms. The average Bonchev–Trinajstić information content (AvgIpc) is 2.78. The van der Waals surface area contributed by atoms with E-state index in [1.54, 1.807) is 32.4 Å². The van der Waals surface area contributed by atoms with E-state index in [-0.39, 0.29) is 17.8 Å². The normalized spacial score (nSPS) is 14.2. The maximum Gasteiger partial charge on any atom is 0.254 e. The molecule has 0 atom stereocenters. The van der Waals surface area contributed by atoms with Gasteiger partial charge in [-0.2, -0.15) is 4.99 Å². The number of ether oxygens (including phenoxy) is 2. The number of carbonyl (C=O) groups is 1. The Balaban J connectivity index is 1.63. The summed E-state index contributed by atoms with van der Waals surface area (Å²) >= 11 is 0. The van der Waals surface area contributed by atoms with Crippen molar-refractivity contribution in [3.05, 3.63) is 48.0 Å². The molecule has 0 bridgehead atoms. The molecule has 31 heavy (non-hydrogen) atoms. The van der Waals surface area contributed by atoms with Crippen molar-refractivity contribution in [2.45, 2.75) is 0 Å². The number of rotatable bonds is 5. The van der Waals surface area contributed by atoms with Gasteiger partial charge in [0.15, 0.2) is 5.96 Å². The Hall–Kier alpha value is -3.95. The van der Waals surface area contributed by atoms with Crippen molar-refractivity contribution >= 4 is 29.2 Å². The topological polar surface area (TPSA) is 145 Å². The molecule has 0 aliphatic carbocycles. The Morgan fingerprint density at radius 2 is 1.48 bits per heavy atom. The van der Waals surface area contributed by atoms with Crippen LogP contribution in [0.15, 0.2) is 52.4 Å². The predicted octanol–water partition coefficient (Wildman–Crippen LogP) is 0.886. The molecule has 10 nitrogen and oxygen atoms in total. The number of nitrogens with zero attached hydrogens (tertiary/aromatic N) is 4. The number of hydrogen-bond donors (Lipinski definition) is 3. The number of anilines is 1. The summed E-state index contributed by atoms with van der Waals surface area (Å²) in [6, 6.07) is 12.8. The summed E-state index contributed by atoms with van der Waals surface area (Å²) in [7, 11) is 3.13. The molecule has 0 unspecified atom stereocenters. The van der Waals surface area contributed by atoms with Gasteiger partial charge in [-0.1, -0.05) is 0 Å². The fourth-order valence-corrected chi connectivity index (χ4v) is 3.31. The number of piperazine rings is 1. The van der Waals surface area contributed by atoms with E-state index in [0.717, 1.165) is 5.69 Å². The van der Waals surface area contributed by atoms with Crippen molar-refractivity contribution in [3.63, 3.8) is 0 Å². The molecule has 6 N–H and O–H groups in total. The van der Waals surface area contributed by atoms with E-state index in [9.17, 15) is 4.79 Å². The average molecular weight is 425 g/mol. The van der Waals surface area contributed by atoms with Gasteiger partial charge in [0.1, 0.15) is 11.5 Å². The lowest BCUT2D eigenvalue weighted by atomic mass is 10.1. The first-order chi connectivity index (χ1) is 14.9. The molecule has 3 rings (SSSR count). The van der Waals surface area contributed by atoms with Crippen LogP contribution in [0, 0.1) is 0 Å². The Bertz CT molecular complexity index is 955. The maximum atomic E-state index is 12.9. The maximum absolute atomic E-state index is 12.9. The summed E-state index contributed by atoms with van der Waals surface area (Å²) in [6.45, 7) is 2.64. The first kappa shape index (κ1) is 21.8. The minimum atomic E-state index is -0.141. The van der Waals surface area contributed by atoms with E-state index in [2.05, 4.69) is 14.9 Å². The Morgan fingerprint density at radius 3 is 2.00 bits per heavy atom. The van der Waals surface area contributed by atoms with Gasteiger partial charge in [-0.3, -0.25) is 4.79 Å². The molecule has 2 aromatic carbocycles. The van der Waals surface area contributed by atoms with Crippen LogP contribution in [0.1, 0.15) is 10.4 Å². The first-order valence-corrected chi connectivity index (χ1v) is 9.70. The molecule has 1 amide bonds. The largest absolute Gasteiger partial charge is 0.497 e. The van der Waals surface area contributed by atoms with E-state index in [1.807, 2.05) is 29.2 Å². The molecule has 164 valence electrons. The first-order valence-electron chi connectivity index (χ1n) is 9.70. The number of nitrogens with two attached hydrogens (primary N) is 3. The van der Waals surface area contributed by atoms with Crippen LogP contribution in [-0.2, 0) is 0 Å². The summed E-state index contributed by atoms with van der Waals surface area (Å²) < 4.78 is 10.5. The highest BCUT2D eigenvalue weighted by molar-refractivity contribution is 5.95. The van der Waals surface area contributed by atoms with Crippen LogP contribution in [0.25, 0.3) is 0 Å². The number of benzene rings is 2. The minimum absolute atomic E-state index is 0.00551. The molecule has 0 radical (unpaired) electrons. The number of amides is 1. The van der Waals surface area contributed by atoms with E-state index in [4.69, 9.17) is 26.7 Å². The molecule has 2 aromatic rings. The van der Waals surface area contributed by atoms with Crippen LogP contribution in [-0.4, -0.2) is 63.1 Å². The van der Waals surface area contributed by atoms with Crippen molar-refractivity contribution in [3.8, 4) is 11.5 Å². The van der Waals surface area contributed by atoms with Crippen molar-refractivity contribution in [2.75, 3.05) is 45.3 Å². The van der Waals surface area contributed by atoms with Gasteiger partial charge >= 0.3 is 0 Å². The van der Waals surface area contributed by atoms with Crippen molar-refractivity contribution in [1.29, 1.82) is 0 Å². The predicted molar refractivity (Wildman–Crippen MR) is 121 cm³/mol. The third kappa shape index (κ3) is 5.56. The van der Waals surface area contributed by atoms with Gasteiger partial charge in [-0.15, -0.1) is 0 Å². The van der Waals surface area contributed by atoms with Gasteiger partial charge < -0.3 is 36.5 Å². The number of methoxy groups -OCH3 is 2. The number of aliphatic imine (C=N–C) groups is 2. The fraction of sp³-hybridized carbons (Fsp3) is 0.286. The van der Waals surface area contributed by atoms with Gasteiger partial charge in [-0.25, -0.2) is 4.99 Å². The molecule has 1 saturated heterocycles. The summed E-state index contributed by atoms with van der Waals surface area (Å²) in [5, 5.41) is 0. The van der Waals surface area contributed by atoms with Gasteiger partial charge in [-0.05, 0) is 36.4 Å². The highest BCUT2D eigenvalue weighted by Gasteiger charge is 2.23. The lowest BCUT2D eigenvalue weighted by molar-refractivity contribution is 0.0746. The zero-order valence-corrected chi connectivity index (χ0v) is 17.6. The van der Waals surface area contributed by atoms with E-state index < -0.39 is 0 Å². The Morgan fingerprint density at radius 1 is 0.903 bits per heavy atom. The Kier molecular flexibility index (Phi) is 6.81. The van der Waals surface area contributed by atoms with Gasteiger partial charge in [0, 0.05) is 43.5 Å². The standard InChI is InChI=1S/C21H27N7O3/c1-30-17-11-14(12-18(13-17)31-2)19(29)28-9-7-27(8-10-28)16-5-3-15(4-6-16)25-21(24)26-20(22)23/h3-6,11-13H,7-10H2,1-2H3,(H6,22,23,24,25,26). The summed E-state index contributed by atoms with van der Waals surface area (Å²) in [5.41, 5.74) is 18.5. The van der Waals surface area contributed by atoms with Crippen LogP contribution in [0.5, 0.6) is 11.5 Å². The quantitative estimate of drug-likeness (QED) is 0.476. The zero-order valence-electron chi connectivity index (χ0n) is 17.6. The minimum Gasteiger partial charge on any atom is -0.497 e. The lowest BCUT2D eigenvalue weighted by Gasteiger charge is -2.36. The molecule has 1 aliphatic rings. The molecular formula is C21H27N7O3. The third-order valence-electron chi connectivity index (χ3n) is 4.87. The van der Waals surface area contributed by atoms with Crippen molar-refractivity contribution in [2.24, 2.45) is 27.2 Å². The van der Waals surface area contributed by atoms with E-state index in [0.29, 0.717) is 48.9 Å². The highest BCUT2D eigenvalue weighted by Crippen LogP contribution is 2.25. The second-order valence-corrected chi connectivity index (χ2v) is 6.90. The van der Waals surface area contributed by atoms with Crippen LogP contribution in [0.3, 0.4) is 0 Å². The van der Waals surface area contributed by atoms with Crippen molar-refractivity contribution < 1.29 is 14.3 Å². The SMILES string of the molecule is COc1cc(OC)cc(C(=O)N2CCN(c3ccc(N=C(N)N=C(N)N)cc3)CC2)c1. The van der Waals surface area contributed by atoms with E-state index in [1.165, 1.54) is 0 Å². The number of carbonyl (C=O) groups excluding carboxylic acids is 1. The smallest absolute Gasteiger partial charge is 0.254 e. The number of hydrogen-bond acceptors (Lipinski definition) is 5. The monoisotopic (exact) mass is 425 g/mol. The lowest BCUT2D eigenvalue weighted by Crippen LogP contribution is -2.48. The van der Waals surface area contributed by atoms with E-state index >= 15 is 0 Å². The molecule has 1 heterocycles. The van der Waals surface area contributed by atoms with Gasteiger partial charge in [0.05, 0.1) is 19.9 Å². The molecule has 1 aliphatic heterocycles. The molecule has 0 aromatic heterocycles. The summed E-state index contributed by atoms with van der Waals surface area (Å²) in [6.07, 6.45) is 0. The van der Waals surface area contributed by atoms with Crippen LogP contribution >= 0.6 is 0 Å². The zero-order chi connectivity index (χ0) is 22.4. The van der Waals surface area contributed by atoms with Gasteiger partial charge in [0.2, 0.25) is 5.96 Å². The second kappa shape index (κ2) is 9.70. The van der Waals surface area contributed by atoms with Crippen LogP contribution < -0.4 is 31.6 Å². The summed E-state index contributed by atoms with van der Waals surface area (Å²) in [4.78, 5) is 24.8. The molecule has 0 saturated carbocycles. The van der Waals surface area contributed by atoms with Gasteiger partial charge in [0.25, 0.3) is 5.91 Å². The summed E-state index contributed by atoms with van der Waals surface area (Å²) in [5.74, 6) is 0.984. The van der Waals surface area contributed by atoms with Crippen LogP contribution in [0.2, 0.25) is 0 Å². The third-order valence-corrected chi connectivity index (χ3v) is 4.87. The van der Waals surface area contributed by atoms with Crippen LogP contribution in [0.4, 0.5) is 11.4 Å².